The van der Waals surface area contributed by atoms with Crippen LogP contribution in [0.2, 0.25) is 5.02 Å². The summed E-state index contributed by atoms with van der Waals surface area (Å²) in [6, 6.07) is 11.9. The molecule has 0 spiro atoms. The van der Waals surface area contributed by atoms with Crippen LogP contribution in [0, 0.1) is 5.82 Å². The number of carbonyl (C=O) groups is 2. The molecular formula is C21H17ClFN3O3. The van der Waals surface area contributed by atoms with Crippen molar-refractivity contribution in [3.63, 3.8) is 0 Å². The Labute approximate surface area is 171 Å². The van der Waals surface area contributed by atoms with Crippen molar-refractivity contribution in [3.05, 3.63) is 70.8 Å². The highest BCUT2D eigenvalue weighted by Gasteiger charge is 2.32. The van der Waals surface area contributed by atoms with Gasteiger partial charge in [-0.05, 0) is 42.3 Å². The Morgan fingerprint density at radius 3 is 2.62 bits per heavy atom. The van der Waals surface area contributed by atoms with Gasteiger partial charge in [0.2, 0.25) is 11.8 Å². The van der Waals surface area contributed by atoms with E-state index in [-0.39, 0.29) is 29.3 Å². The zero-order valence-corrected chi connectivity index (χ0v) is 16.0. The lowest BCUT2D eigenvalue weighted by atomic mass is 9.88. The number of hydrogen-bond donors (Lipinski definition) is 2. The number of nitrogens with zero attached hydrogens (tertiary/aromatic N) is 1. The third kappa shape index (κ3) is 4.00. The number of ether oxygens (including phenoxy) is 1. The third-order valence-electron chi connectivity index (χ3n) is 4.83. The van der Waals surface area contributed by atoms with Gasteiger partial charge in [-0.3, -0.25) is 20.0 Å². The summed E-state index contributed by atoms with van der Waals surface area (Å²) in [4.78, 5) is 23.6. The number of aromatic nitrogens is 2. The Bertz CT molecular complexity index is 1050. The van der Waals surface area contributed by atoms with Gasteiger partial charge in [-0.25, -0.2) is 4.39 Å². The fourth-order valence-electron chi connectivity index (χ4n) is 3.34. The van der Waals surface area contributed by atoms with Gasteiger partial charge < -0.3 is 4.74 Å². The first kappa shape index (κ1) is 19.1. The standard InChI is InChI=1S/C21H17ClFN3O3/c22-20-15(5-7-17(23)19(20)16-6-8-18(27)25-21(16)28)12-1-3-14(4-2-12)29-11-13-9-10-24-26-13/h1-5,7,9-10,16H,6,8,11H2,(H,24,26)(H,25,27,28). The van der Waals surface area contributed by atoms with Gasteiger partial charge in [0.05, 0.1) is 16.6 Å². The molecule has 1 aliphatic heterocycles. The van der Waals surface area contributed by atoms with E-state index in [2.05, 4.69) is 15.5 Å². The molecule has 0 bridgehead atoms. The van der Waals surface area contributed by atoms with Gasteiger partial charge in [-0.15, -0.1) is 0 Å². The molecule has 1 saturated heterocycles. The molecule has 4 rings (SSSR count). The van der Waals surface area contributed by atoms with E-state index in [1.807, 2.05) is 18.2 Å². The molecular weight excluding hydrogens is 397 g/mol. The molecule has 1 aliphatic rings. The third-order valence-corrected chi connectivity index (χ3v) is 5.24. The van der Waals surface area contributed by atoms with Crippen LogP contribution in [0.15, 0.2) is 48.7 Å². The van der Waals surface area contributed by atoms with Gasteiger partial charge in [0, 0.05) is 23.7 Å². The van der Waals surface area contributed by atoms with Crippen LogP contribution in [0.1, 0.15) is 30.0 Å². The highest BCUT2D eigenvalue weighted by molar-refractivity contribution is 6.34. The van der Waals surface area contributed by atoms with E-state index < -0.39 is 17.6 Å². The Hall–Kier alpha value is -3.19. The summed E-state index contributed by atoms with van der Waals surface area (Å²) in [7, 11) is 0. The number of H-pyrrole nitrogens is 1. The van der Waals surface area contributed by atoms with E-state index in [4.69, 9.17) is 16.3 Å². The average Bonchev–Trinajstić information content (AvgIpc) is 3.22. The van der Waals surface area contributed by atoms with Gasteiger partial charge >= 0.3 is 0 Å². The first-order valence-corrected chi connectivity index (χ1v) is 9.44. The van der Waals surface area contributed by atoms with E-state index in [0.29, 0.717) is 17.9 Å². The molecule has 0 saturated carbocycles. The molecule has 29 heavy (non-hydrogen) atoms. The second-order valence-corrected chi connectivity index (χ2v) is 7.10. The molecule has 0 radical (unpaired) electrons. The lowest BCUT2D eigenvalue weighted by molar-refractivity contribution is -0.134. The molecule has 1 fully saturated rings. The van der Waals surface area contributed by atoms with Crippen molar-refractivity contribution >= 4 is 23.4 Å². The topological polar surface area (TPSA) is 84.1 Å². The van der Waals surface area contributed by atoms with Crippen LogP contribution in [0.4, 0.5) is 4.39 Å². The van der Waals surface area contributed by atoms with Gasteiger partial charge in [0.15, 0.2) is 0 Å². The highest BCUT2D eigenvalue weighted by Crippen LogP contribution is 2.39. The van der Waals surface area contributed by atoms with Crippen molar-refractivity contribution in [1.82, 2.24) is 15.5 Å². The Morgan fingerprint density at radius 1 is 1.14 bits per heavy atom. The van der Waals surface area contributed by atoms with Crippen molar-refractivity contribution in [2.24, 2.45) is 0 Å². The Kier molecular flexibility index (Phi) is 5.31. The van der Waals surface area contributed by atoms with Gasteiger partial charge in [-0.1, -0.05) is 23.7 Å². The number of halogens is 2. The van der Waals surface area contributed by atoms with Gasteiger partial charge in [0.1, 0.15) is 18.2 Å². The summed E-state index contributed by atoms with van der Waals surface area (Å²) in [6.07, 6.45) is 2.03. The number of hydrogen-bond acceptors (Lipinski definition) is 4. The minimum Gasteiger partial charge on any atom is -0.487 e. The largest absolute Gasteiger partial charge is 0.487 e. The van der Waals surface area contributed by atoms with Crippen LogP contribution in [0.25, 0.3) is 11.1 Å². The molecule has 1 unspecified atom stereocenters. The summed E-state index contributed by atoms with van der Waals surface area (Å²) in [5.74, 6) is -1.58. The van der Waals surface area contributed by atoms with Crippen molar-refractivity contribution in [2.75, 3.05) is 0 Å². The van der Waals surface area contributed by atoms with Crippen LogP contribution < -0.4 is 10.1 Å². The van der Waals surface area contributed by atoms with Crippen molar-refractivity contribution in [3.8, 4) is 16.9 Å². The number of imide groups is 1. The molecule has 2 amide bonds. The Morgan fingerprint density at radius 2 is 1.93 bits per heavy atom. The molecule has 1 atom stereocenters. The highest BCUT2D eigenvalue weighted by atomic mass is 35.5. The minimum atomic E-state index is -0.794. The molecule has 2 heterocycles. The minimum absolute atomic E-state index is 0.119. The predicted octanol–water partition coefficient (Wildman–Crippen LogP) is 3.97. The van der Waals surface area contributed by atoms with E-state index in [9.17, 15) is 14.0 Å². The number of benzene rings is 2. The maximum Gasteiger partial charge on any atom is 0.234 e. The molecule has 0 aliphatic carbocycles. The number of carbonyl (C=O) groups excluding carboxylic acids is 2. The van der Waals surface area contributed by atoms with Crippen LogP contribution >= 0.6 is 11.6 Å². The van der Waals surface area contributed by atoms with E-state index >= 15 is 0 Å². The predicted molar refractivity (Wildman–Crippen MR) is 105 cm³/mol. The van der Waals surface area contributed by atoms with Crippen LogP contribution in [0.3, 0.4) is 0 Å². The van der Waals surface area contributed by atoms with Crippen molar-refractivity contribution < 1.29 is 18.7 Å². The first-order valence-electron chi connectivity index (χ1n) is 9.06. The summed E-state index contributed by atoms with van der Waals surface area (Å²) >= 11 is 6.50. The smallest absolute Gasteiger partial charge is 0.234 e. The number of nitrogens with one attached hydrogen (secondary N) is 2. The molecule has 6 nitrogen and oxygen atoms in total. The molecule has 2 aromatic carbocycles. The summed E-state index contributed by atoms with van der Waals surface area (Å²) in [6.45, 7) is 0.357. The van der Waals surface area contributed by atoms with Crippen molar-refractivity contribution in [1.29, 1.82) is 0 Å². The van der Waals surface area contributed by atoms with E-state index in [1.54, 1.807) is 24.4 Å². The molecule has 3 aromatic rings. The summed E-state index contributed by atoms with van der Waals surface area (Å²) < 4.78 is 20.2. The fourth-order valence-corrected chi connectivity index (χ4v) is 3.73. The van der Waals surface area contributed by atoms with E-state index in [0.717, 1.165) is 11.3 Å². The second kappa shape index (κ2) is 8.05. The Balaban J connectivity index is 1.58. The van der Waals surface area contributed by atoms with Crippen molar-refractivity contribution in [2.45, 2.75) is 25.4 Å². The summed E-state index contributed by atoms with van der Waals surface area (Å²) in [5.41, 5.74) is 2.34. The van der Waals surface area contributed by atoms with Crippen LogP contribution in [-0.4, -0.2) is 22.0 Å². The number of piperidine rings is 1. The monoisotopic (exact) mass is 413 g/mol. The normalized spacial score (nSPS) is 16.6. The van der Waals surface area contributed by atoms with Crippen LogP contribution in [0.5, 0.6) is 5.75 Å². The fraction of sp³-hybridized carbons (Fsp3) is 0.190. The van der Waals surface area contributed by atoms with Gasteiger partial charge in [-0.2, -0.15) is 5.10 Å². The number of aromatic amines is 1. The SMILES string of the molecule is O=C1CCC(c2c(F)ccc(-c3ccc(OCc4ccn[nH]4)cc3)c2Cl)C(=O)N1. The number of amides is 2. The molecule has 2 N–H and O–H groups in total. The molecule has 1 aromatic heterocycles. The zero-order chi connectivity index (χ0) is 20.4. The average molecular weight is 414 g/mol. The lowest BCUT2D eigenvalue weighted by Gasteiger charge is -2.23. The van der Waals surface area contributed by atoms with Crippen LogP contribution in [-0.2, 0) is 16.2 Å². The quantitative estimate of drug-likeness (QED) is 0.620. The molecule has 8 heteroatoms. The second-order valence-electron chi connectivity index (χ2n) is 6.72. The first-order chi connectivity index (χ1) is 14.0. The van der Waals surface area contributed by atoms with E-state index in [1.165, 1.54) is 6.07 Å². The maximum absolute atomic E-state index is 14.5. The summed E-state index contributed by atoms with van der Waals surface area (Å²) in [5, 5.41) is 9.10. The zero-order valence-electron chi connectivity index (χ0n) is 15.2. The van der Waals surface area contributed by atoms with Gasteiger partial charge in [0.25, 0.3) is 0 Å². The lowest BCUT2D eigenvalue weighted by Crippen LogP contribution is -2.39. The molecule has 148 valence electrons. The maximum atomic E-state index is 14.5. The number of rotatable bonds is 5.